The number of allylic oxidation sites excluding steroid dienone is 1. The Balaban J connectivity index is 2.31. The van der Waals surface area contributed by atoms with E-state index in [4.69, 9.17) is 0 Å². The molecule has 5 nitrogen and oxygen atoms in total. The monoisotopic (exact) mass is 243 g/mol. The summed E-state index contributed by atoms with van der Waals surface area (Å²) in [6.45, 7) is 1.30. The molecule has 1 aromatic carbocycles. The molecule has 0 fully saturated rings. The predicted molar refractivity (Wildman–Crippen MR) is 53.3 cm³/mol. The maximum absolute atomic E-state index is 12.7. The van der Waals surface area contributed by atoms with E-state index in [1.807, 2.05) is 0 Å². The molecule has 1 aliphatic rings. The van der Waals surface area contributed by atoms with Crippen LogP contribution >= 0.6 is 0 Å². The first-order valence-electron chi connectivity index (χ1n) is 4.60. The lowest BCUT2D eigenvalue weighted by Crippen LogP contribution is -2.25. The van der Waals surface area contributed by atoms with Crippen molar-refractivity contribution in [1.29, 1.82) is 0 Å². The van der Waals surface area contributed by atoms with Crippen molar-refractivity contribution in [2.24, 2.45) is 0 Å². The van der Waals surface area contributed by atoms with Gasteiger partial charge in [0.2, 0.25) is 5.70 Å². The van der Waals surface area contributed by atoms with Crippen LogP contribution in [0.5, 0.6) is 11.5 Å². The van der Waals surface area contributed by atoms with Crippen molar-refractivity contribution in [3.63, 3.8) is 0 Å². The first kappa shape index (κ1) is 11.3. The van der Waals surface area contributed by atoms with Gasteiger partial charge in [0, 0.05) is 13.0 Å². The summed E-state index contributed by atoms with van der Waals surface area (Å²) in [7, 11) is 0. The van der Waals surface area contributed by atoms with E-state index in [2.05, 4.69) is 9.47 Å². The Morgan fingerprint density at radius 1 is 1.41 bits per heavy atom. The van der Waals surface area contributed by atoms with E-state index in [1.165, 1.54) is 31.2 Å². The van der Waals surface area contributed by atoms with E-state index < -0.39 is 11.2 Å². The van der Waals surface area contributed by atoms with Gasteiger partial charge in [0.25, 0.3) is 0 Å². The van der Waals surface area contributed by atoms with Gasteiger partial charge in [0.15, 0.2) is 11.5 Å². The van der Waals surface area contributed by atoms with Crippen LogP contribution in [0.15, 0.2) is 23.9 Å². The summed E-state index contributed by atoms with van der Waals surface area (Å²) in [5.74, 6) is -0.231. The van der Waals surface area contributed by atoms with Gasteiger partial charge in [-0.05, 0) is 17.7 Å². The van der Waals surface area contributed by atoms with Crippen molar-refractivity contribution in [3.05, 3.63) is 39.6 Å². The second-order valence-electron chi connectivity index (χ2n) is 3.42. The van der Waals surface area contributed by atoms with Gasteiger partial charge < -0.3 is 9.47 Å². The van der Waals surface area contributed by atoms with E-state index in [1.54, 1.807) is 0 Å². The molecule has 0 radical (unpaired) electrons. The lowest BCUT2D eigenvalue weighted by molar-refractivity contribution is -0.422. The van der Waals surface area contributed by atoms with Crippen LogP contribution in [-0.4, -0.2) is 11.2 Å². The highest BCUT2D eigenvalue weighted by Crippen LogP contribution is 2.41. The van der Waals surface area contributed by atoms with Crippen molar-refractivity contribution in [3.8, 4) is 11.5 Å². The Labute approximate surface area is 94.4 Å². The molecule has 0 spiro atoms. The minimum absolute atomic E-state index is 0.0918. The van der Waals surface area contributed by atoms with E-state index in [0.29, 0.717) is 5.56 Å². The van der Waals surface area contributed by atoms with Crippen molar-refractivity contribution in [2.45, 2.75) is 13.2 Å². The zero-order valence-corrected chi connectivity index (χ0v) is 8.65. The fourth-order valence-electron chi connectivity index (χ4n) is 1.35. The SMILES string of the molecule is C/C(=C\c1ccc2c(c1)OC(F)(F)O2)[N+](=O)[O-]. The van der Waals surface area contributed by atoms with Crippen LogP contribution in [-0.2, 0) is 0 Å². The average Bonchev–Trinajstić information content (AvgIpc) is 2.50. The lowest BCUT2D eigenvalue weighted by atomic mass is 10.2. The lowest BCUT2D eigenvalue weighted by Gasteiger charge is -2.04. The molecule has 0 aliphatic carbocycles. The van der Waals surface area contributed by atoms with Gasteiger partial charge in [-0.2, -0.15) is 0 Å². The van der Waals surface area contributed by atoms with Crippen LogP contribution in [0.4, 0.5) is 8.78 Å². The highest BCUT2D eigenvalue weighted by Gasteiger charge is 2.43. The summed E-state index contributed by atoms with van der Waals surface area (Å²) >= 11 is 0. The molecular weight excluding hydrogens is 236 g/mol. The van der Waals surface area contributed by atoms with Gasteiger partial charge >= 0.3 is 6.29 Å². The van der Waals surface area contributed by atoms with E-state index >= 15 is 0 Å². The van der Waals surface area contributed by atoms with Gasteiger partial charge in [-0.25, -0.2) is 0 Å². The maximum atomic E-state index is 12.7. The predicted octanol–water partition coefficient (Wildman–Crippen LogP) is 2.65. The zero-order valence-electron chi connectivity index (χ0n) is 8.65. The second-order valence-corrected chi connectivity index (χ2v) is 3.42. The summed E-state index contributed by atoms with van der Waals surface area (Å²) in [5.41, 5.74) is 0.287. The van der Waals surface area contributed by atoms with Crippen molar-refractivity contribution in [1.82, 2.24) is 0 Å². The van der Waals surface area contributed by atoms with Crippen LogP contribution < -0.4 is 9.47 Å². The minimum atomic E-state index is -3.68. The quantitative estimate of drug-likeness (QED) is 0.591. The number of nitrogens with zero attached hydrogens (tertiary/aromatic N) is 1. The van der Waals surface area contributed by atoms with Gasteiger partial charge in [0.05, 0.1) is 4.92 Å². The molecule has 1 aromatic rings. The highest BCUT2D eigenvalue weighted by molar-refractivity contribution is 5.57. The molecule has 1 heterocycles. The van der Waals surface area contributed by atoms with Gasteiger partial charge in [-0.15, -0.1) is 8.78 Å². The zero-order chi connectivity index (χ0) is 12.6. The van der Waals surface area contributed by atoms with Crippen LogP contribution in [0, 0.1) is 10.1 Å². The third-order valence-corrected chi connectivity index (χ3v) is 2.09. The number of halogens is 2. The first-order valence-corrected chi connectivity index (χ1v) is 4.60. The third-order valence-electron chi connectivity index (χ3n) is 2.09. The summed E-state index contributed by atoms with van der Waals surface area (Å²) in [6.07, 6.45) is -2.43. The number of alkyl halides is 2. The molecule has 2 rings (SSSR count). The Kier molecular flexibility index (Phi) is 2.45. The molecule has 7 heteroatoms. The fraction of sp³-hybridized carbons (Fsp3) is 0.200. The minimum Gasteiger partial charge on any atom is -0.395 e. The molecular formula is C10H7F2NO4. The Bertz CT molecular complexity index is 513. The smallest absolute Gasteiger partial charge is 0.395 e. The standard InChI is InChI=1S/C10H7F2NO4/c1-6(13(14)15)4-7-2-3-8-9(5-7)17-10(11,12)16-8/h2-5H,1H3/b6-4+. The number of rotatable bonds is 2. The fourth-order valence-corrected chi connectivity index (χ4v) is 1.35. The molecule has 1 aliphatic heterocycles. The Hall–Kier alpha value is -2.18. The Morgan fingerprint density at radius 2 is 2.06 bits per heavy atom. The Morgan fingerprint density at radius 3 is 2.71 bits per heavy atom. The first-order chi connectivity index (χ1) is 7.87. The van der Waals surface area contributed by atoms with Crippen LogP contribution in [0.1, 0.15) is 12.5 Å². The van der Waals surface area contributed by atoms with Crippen molar-refractivity contribution in [2.75, 3.05) is 0 Å². The van der Waals surface area contributed by atoms with Crippen LogP contribution in [0.2, 0.25) is 0 Å². The molecule has 17 heavy (non-hydrogen) atoms. The number of benzene rings is 1. The maximum Gasteiger partial charge on any atom is 0.586 e. The normalized spacial score (nSPS) is 17.0. The van der Waals surface area contributed by atoms with Crippen molar-refractivity contribution >= 4 is 6.08 Å². The summed E-state index contributed by atoms with van der Waals surface area (Å²) in [4.78, 5) is 9.83. The van der Waals surface area contributed by atoms with Gasteiger partial charge in [-0.1, -0.05) is 6.07 Å². The van der Waals surface area contributed by atoms with E-state index in [-0.39, 0.29) is 17.2 Å². The summed E-state index contributed by atoms with van der Waals surface area (Å²) < 4.78 is 33.8. The van der Waals surface area contributed by atoms with Gasteiger partial charge in [0.1, 0.15) is 0 Å². The van der Waals surface area contributed by atoms with Crippen LogP contribution in [0.3, 0.4) is 0 Å². The number of nitro groups is 1. The molecule has 0 amide bonds. The third kappa shape index (κ3) is 2.32. The number of hydrogen-bond acceptors (Lipinski definition) is 4. The molecule has 0 unspecified atom stereocenters. The summed E-state index contributed by atoms with van der Waals surface area (Å²) in [5, 5.41) is 10.4. The van der Waals surface area contributed by atoms with Gasteiger partial charge in [-0.3, -0.25) is 10.1 Å². The molecule has 0 aromatic heterocycles. The molecule has 90 valence electrons. The number of hydrogen-bond donors (Lipinski definition) is 0. The molecule has 0 atom stereocenters. The second kappa shape index (κ2) is 3.69. The van der Waals surface area contributed by atoms with E-state index in [0.717, 1.165) is 0 Å². The molecule has 0 saturated carbocycles. The largest absolute Gasteiger partial charge is 0.586 e. The average molecular weight is 243 g/mol. The molecule has 0 N–H and O–H groups in total. The molecule has 0 bridgehead atoms. The van der Waals surface area contributed by atoms with Crippen LogP contribution in [0.25, 0.3) is 6.08 Å². The number of fused-ring (bicyclic) bond motifs is 1. The molecule has 0 saturated heterocycles. The number of ether oxygens (including phenoxy) is 2. The van der Waals surface area contributed by atoms with E-state index in [9.17, 15) is 18.9 Å². The topological polar surface area (TPSA) is 61.6 Å². The highest BCUT2D eigenvalue weighted by atomic mass is 19.3. The summed E-state index contributed by atoms with van der Waals surface area (Å²) in [6, 6.07) is 3.95. The van der Waals surface area contributed by atoms with Crippen molar-refractivity contribution < 1.29 is 23.2 Å².